The van der Waals surface area contributed by atoms with E-state index in [1.54, 1.807) is 47.5 Å². The molecule has 0 unspecified atom stereocenters. The van der Waals surface area contributed by atoms with Gasteiger partial charge in [0.05, 0.1) is 29.9 Å². The van der Waals surface area contributed by atoms with Gasteiger partial charge >= 0.3 is 6.03 Å². The van der Waals surface area contributed by atoms with Crippen molar-refractivity contribution in [3.63, 3.8) is 0 Å². The molecule has 1 aromatic heterocycles. The molecule has 8 heteroatoms. The first-order chi connectivity index (χ1) is 13.5. The van der Waals surface area contributed by atoms with Crippen molar-refractivity contribution in [2.75, 3.05) is 13.6 Å². The lowest BCUT2D eigenvalue weighted by Crippen LogP contribution is -2.32. The minimum Gasteiger partial charge on any atom is -0.335 e. The number of para-hydroxylation sites is 1. The molecular formula is C20H18N4O3S. The summed E-state index contributed by atoms with van der Waals surface area (Å²) in [6.07, 6.45) is 0. The molecule has 142 valence electrons. The van der Waals surface area contributed by atoms with E-state index in [4.69, 9.17) is 0 Å². The fourth-order valence-corrected chi connectivity index (χ4v) is 4.14. The van der Waals surface area contributed by atoms with Gasteiger partial charge in [-0.3, -0.25) is 14.5 Å². The molecule has 0 atom stereocenters. The molecule has 0 bridgehead atoms. The molecule has 7 nitrogen and oxygen atoms in total. The fraction of sp³-hybridized carbons (Fsp3) is 0.200. The molecule has 4 amide bonds. The van der Waals surface area contributed by atoms with Gasteiger partial charge in [0.25, 0.3) is 5.91 Å². The van der Waals surface area contributed by atoms with Crippen LogP contribution < -0.4 is 5.32 Å². The van der Waals surface area contributed by atoms with Gasteiger partial charge in [-0.1, -0.05) is 30.3 Å². The van der Waals surface area contributed by atoms with E-state index in [2.05, 4.69) is 10.3 Å². The van der Waals surface area contributed by atoms with E-state index in [0.29, 0.717) is 17.7 Å². The van der Waals surface area contributed by atoms with Crippen LogP contribution >= 0.6 is 11.3 Å². The first-order valence-corrected chi connectivity index (χ1v) is 9.60. The minimum absolute atomic E-state index is 0.00748. The molecule has 1 aliphatic heterocycles. The van der Waals surface area contributed by atoms with Crippen LogP contribution in [0, 0.1) is 0 Å². The van der Waals surface area contributed by atoms with Crippen molar-refractivity contribution in [1.82, 2.24) is 20.1 Å². The Morgan fingerprint density at radius 1 is 1.18 bits per heavy atom. The molecule has 0 radical (unpaired) electrons. The largest absolute Gasteiger partial charge is 0.335 e. The molecule has 28 heavy (non-hydrogen) atoms. The van der Waals surface area contributed by atoms with Gasteiger partial charge in [0.2, 0.25) is 5.91 Å². The summed E-state index contributed by atoms with van der Waals surface area (Å²) in [6, 6.07) is 14.5. The van der Waals surface area contributed by atoms with Gasteiger partial charge in [0.1, 0.15) is 5.01 Å². The number of amides is 4. The number of benzene rings is 2. The van der Waals surface area contributed by atoms with Crippen LogP contribution in [0.1, 0.15) is 20.9 Å². The summed E-state index contributed by atoms with van der Waals surface area (Å²) in [6.45, 7) is 0.448. The highest BCUT2D eigenvalue weighted by Gasteiger charge is 2.29. The monoisotopic (exact) mass is 394 g/mol. The smallest absolute Gasteiger partial charge is 0.324 e. The maximum atomic E-state index is 13.0. The normalized spacial score (nSPS) is 13.8. The van der Waals surface area contributed by atoms with E-state index in [-0.39, 0.29) is 24.9 Å². The van der Waals surface area contributed by atoms with Crippen LogP contribution in [0.4, 0.5) is 4.79 Å². The Bertz CT molecular complexity index is 1030. The molecule has 2 aromatic carbocycles. The predicted octanol–water partition coefficient (Wildman–Crippen LogP) is 2.62. The second kappa shape index (κ2) is 7.40. The summed E-state index contributed by atoms with van der Waals surface area (Å²) in [4.78, 5) is 44.0. The lowest BCUT2D eigenvalue weighted by atomic mass is 10.1. The van der Waals surface area contributed by atoms with Crippen molar-refractivity contribution in [2.45, 2.75) is 13.1 Å². The van der Waals surface area contributed by atoms with Crippen molar-refractivity contribution in [1.29, 1.82) is 0 Å². The zero-order valence-electron chi connectivity index (χ0n) is 15.2. The number of carbonyl (C=O) groups is 3. The molecule has 0 saturated carbocycles. The van der Waals surface area contributed by atoms with Crippen LogP contribution in [0.3, 0.4) is 0 Å². The molecule has 1 saturated heterocycles. The first kappa shape index (κ1) is 18.1. The molecule has 0 aliphatic carbocycles. The van der Waals surface area contributed by atoms with E-state index in [0.717, 1.165) is 20.1 Å². The SMILES string of the molecule is CN(Cc1nc2ccccc2s1)C(=O)c1ccccc1CN1C(=O)CNC1=O. The number of fused-ring (bicyclic) bond motifs is 1. The van der Waals surface area contributed by atoms with Crippen molar-refractivity contribution in [3.8, 4) is 0 Å². The summed E-state index contributed by atoms with van der Waals surface area (Å²) in [7, 11) is 1.72. The highest BCUT2D eigenvalue weighted by atomic mass is 32.1. The van der Waals surface area contributed by atoms with E-state index in [9.17, 15) is 14.4 Å². The summed E-state index contributed by atoms with van der Waals surface area (Å²) in [5.74, 6) is -0.475. The number of rotatable bonds is 5. The maximum Gasteiger partial charge on any atom is 0.324 e. The summed E-state index contributed by atoms with van der Waals surface area (Å²) >= 11 is 1.56. The van der Waals surface area contributed by atoms with Crippen LogP contribution in [0.25, 0.3) is 10.2 Å². The third-order valence-electron chi connectivity index (χ3n) is 4.57. The van der Waals surface area contributed by atoms with Crippen LogP contribution in [-0.4, -0.2) is 46.2 Å². The van der Waals surface area contributed by atoms with E-state index < -0.39 is 6.03 Å². The Balaban J connectivity index is 1.54. The van der Waals surface area contributed by atoms with Crippen LogP contribution in [0.2, 0.25) is 0 Å². The van der Waals surface area contributed by atoms with Crippen molar-refractivity contribution in [2.24, 2.45) is 0 Å². The number of aromatic nitrogens is 1. The highest BCUT2D eigenvalue weighted by molar-refractivity contribution is 7.18. The lowest BCUT2D eigenvalue weighted by Gasteiger charge is -2.19. The molecular weight excluding hydrogens is 376 g/mol. The second-order valence-electron chi connectivity index (χ2n) is 6.53. The first-order valence-electron chi connectivity index (χ1n) is 8.79. The molecule has 1 aliphatic rings. The van der Waals surface area contributed by atoms with E-state index in [1.807, 2.05) is 24.3 Å². The second-order valence-corrected chi connectivity index (χ2v) is 7.65. The van der Waals surface area contributed by atoms with E-state index in [1.165, 1.54) is 0 Å². The average Bonchev–Trinajstić information content (AvgIpc) is 3.25. The summed E-state index contributed by atoms with van der Waals surface area (Å²) in [5, 5.41) is 3.34. The van der Waals surface area contributed by atoms with Crippen LogP contribution in [-0.2, 0) is 17.9 Å². The molecule has 4 rings (SSSR count). The Morgan fingerprint density at radius 2 is 1.93 bits per heavy atom. The number of hydrogen-bond acceptors (Lipinski definition) is 5. The Labute approximate surface area is 165 Å². The van der Waals surface area contributed by atoms with Gasteiger partial charge in [-0.15, -0.1) is 11.3 Å². The maximum absolute atomic E-state index is 13.0. The van der Waals surface area contributed by atoms with Gasteiger partial charge in [-0.05, 0) is 23.8 Å². The number of nitrogens with one attached hydrogen (secondary N) is 1. The zero-order chi connectivity index (χ0) is 19.7. The predicted molar refractivity (Wildman–Crippen MR) is 106 cm³/mol. The third-order valence-corrected chi connectivity index (χ3v) is 5.59. The number of hydrogen-bond donors (Lipinski definition) is 1. The van der Waals surface area contributed by atoms with Crippen molar-refractivity contribution in [3.05, 3.63) is 64.7 Å². The summed E-state index contributed by atoms with van der Waals surface area (Å²) < 4.78 is 1.08. The lowest BCUT2D eigenvalue weighted by molar-refractivity contribution is -0.125. The molecule has 1 fully saturated rings. The highest BCUT2D eigenvalue weighted by Crippen LogP contribution is 2.23. The third kappa shape index (κ3) is 3.46. The number of carbonyl (C=O) groups excluding carboxylic acids is 3. The van der Waals surface area contributed by atoms with Gasteiger partial charge in [0.15, 0.2) is 0 Å². The van der Waals surface area contributed by atoms with Crippen LogP contribution in [0.15, 0.2) is 48.5 Å². The molecule has 0 spiro atoms. The van der Waals surface area contributed by atoms with E-state index >= 15 is 0 Å². The standard InChI is InChI=1S/C20H18N4O3S/c1-23(12-17-22-15-8-4-5-9-16(15)28-17)19(26)14-7-3-2-6-13(14)11-24-18(25)10-21-20(24)27/h2-9H,10-12H2,1H3,(H,21,27). The van der Waals surface area contributed by atoms with Crippen molar-refractivity contribution < 1.29 is 14.4 Å². The zero-order valence-corrected chi connectivity index (χ0v) is 16.0. The Kier molecular flexibility index (Phi) is 4.79. The molecule has 3 aromatic rings. The number of nitrogens with zero attached hydrogens (tertiary/aromatic N) is 3. The summed E-state index contributed by atoms with van der Waals surface area (Å²) in [5.41, 5.74) is 2.02. The Morgan fingerprint density at radius 3 is 2.68 bits per heavy atom. The number of urea groups is 1. The quantitative estimate of drug-likeness (QED) is 0.675. The topological polar surface area (TPSA) is 82.6 Å². The van der Waals surface area contributed by atoms with Gasteiger partial charge in [-0.25, -0.2) is 9.78 Å². The number of imide groups is 1. The molecule has 1 N–H and O–H groups in total. The minimum atomic E-state index is -0.435. The van der Waals surface area contributed by atoms with Crippen molar-refractivity contribution >= 4 is 39.4 Å². The van der Waals surface area contributed by atoms with Gasteiger partial charge in [0, 0.05) is 12.6 Å². The molecule has 2 heterocycles. The fourth-order valence-electron chi connectivity index (χ4n) is 3.12. The average molecular weight is 394 g/mol. The van der Waals surface area contributed by atoms with Crippen LogP contribution in [0.5, 0.6) is 0 Å². The van der Waals surface area contributed by atoms with Gasteiger partial charge < -0.3 is 10.2 Å². The Hall–Kier alpha value is -3.26. The van der Waals surface area contributed by atoms with Gasteiger partial charge in [-0.2, -0.15) is 0 Å². The number of thiazole rings is 1.